The maximum Gasteiger partial charge on any atom is 0.251 e. The number of rotatable bonds is 3. The number of amides is 1. The Labute approximate surface area is 150 Å². The second-order valence-corrected chi connectivity index (χ2v) is 7.45. The zero-order valence-corrected chi connectivity index (χ0v) is 14.9. The van der Waals surface area contributed by atoms with E-state index in [1.807, 2.05) is 0 Å². The molecule has 0 radical (unpaired) electrons. The maximum atomic E-state index is 12.3. The molecule has 0 unspecified atom stereocenters. The Morgan fingerprint density at radius 2 is 1.96 bits per heavy atom. The van der Waals surface area contributed by atoms with Gasteiger partial charge in [0.1, 0.15) is 0 Å². The van der Waals surface area contributed by atoms with Gasteiger partial charge in [-0.2, -0.15) is 0 Å². The van der Waals surface area contributed by atoms with Crippen LogP contribution in [0.25, 0.3) is 10.2 Å². The minimum absolute atomic E-state index is 0.0173. The van der Waals surface area contributed by atoms with Crippen molar-refractivity contribution >= 4 is 32.6 Å². The fourth-order valence-corrected chi connectivity index (χ4v) is 4.26. The van der Waals surface area contributed by atoms with Crippen molar-refractivity contribution in [3.63, 3.8) is 0 Å². The lowest BCUT2D eigenvalue weighted by atomic mass is 10.0. The van der Waals surface area contributed by atoms with E-state index < -0.39 is 0 Å². The molecule has 1 aliphatic heterocycles. The zero-order valence-electron chi connectivity index (χ0n) is 14.1. The van der Waals surface area contributed by atoms with Crippen molar-refractivity contribution in [2.24, 2.45) is 0 Å². The SMILES string of the molecule is Cc1ccc2nc(N3CCC(NC(=O)c4ccncc4)CC3)sc2c1. The number of pyridine rings is 1. The Morgan fingerprint density at radius 1 is 1.20 bits per heavy atom. The summed E-state index contributed by atoms with van der Waals surface area (Å²) in [7, 11) is 0. The highest BCUT2D eigenvalue weighted by Crippen LogP contribution is 2.31. The quantitative estimate of drug-likeness (QED) is 0.785. The monoisotopic (exact) mass is 352 g/mol. The number of anilines is 1. The van der Waals surface area contributed by atoms with Crippen LogP contribution in [0.5, 0.6) is 0 Å². The molecular formula is C19H20N4OS. The van der Waals surface area contributed by atoms with E-state index in [-0.39, 0.29) is 11.9 Å². The first kappa shape index (κ1) is 16.0. The van der Waals surface area contributed by atoms with E-state index in [0.717, 1.165) is 36.6 Å². The number of aromatic nitrogens is 2. The lowest BCUT2D eigenvalue weighted by Crippen LogP contribution is -2.44. The van der Waals surface area contributed by atoms with Crippen LogP contribution in [0.4, 0.5) is 5.13 Å². The smallest absolute Gasteiger partial charge is 0.251 e. The van der Waals surface area contributed by atoms with Gasteiger partial charge in [0.05, 0.1) is 10.2 Å². The van der Waals surface area contributed by atoms with Crippen molar-refractivity contribution < 1.29 is 4.79 Å². The summed E-state index contributed by atoms with van der Waals surface area (Å²) in [5, 5.41) is 4.21. The van der Waals surface area contributed by atoms with Gasteiger partial charge in [-0.25, -0.2) is 4.98 Å². The number of carbonyl (C=O) groups is 1. The summed E-state index contributed by atoms with van der Waals surface area (Å²) in [4.78, 5) is 23.3. The molecule has 1 amide bonds. The fourth-order valence-electron chi connectivity index (χ4n) is 3.14. The topological polar surface area (TPSA) is 58.1 Å². The lowest BCUT2D eigenvalue weighted by Gasteiger charge is -2.32. The van der Waals surface area contributed by atoms with Gasteiger partial charge in [0.15, 0.2) is 5.13 Å². The molecule has 5 nitrogen and oxygen atoms in total. The van der Waals surface area contributed by atoms with Crippen molar-refractivity contribution in [3.05, 3.63) is 53.9 Å². The number of carbonyl (C=O) groups excluding carboxylic acids is 1. The number of piperidine rings is 1. The van der Waals surface area contributed by atoms with Crippen LogP contribution in [-0.2, 0) is 0 Å². The van der Waals surface area contributed by atoms with Gasteiger partial charge < -0.3 is 10.2 Å². The highest BCUT2D eigenvalue weighted by molar-refractivity contribution is 7.22. The van der Waals surface area contributed by atoms with E-state index >= 15 is 0 Å². The Morgan fingerprint density at radius 3 is 2.72 bits per heavy atom. The molecule has 6 heteroatoms. The Balaban J connectivity index is 1.38. The molecule has 0 saturated carbocycles. The summed E-state index contributed by atoms with van der Waals surface area (Å²) < 4.78 is 1.24. The minimum atomic E-state index is -0.0173. The second-order valence-electron chi connectivity index (χ2n) is 6.44. The molecular weight excluding hydrogens is 332 g/mol. The van der Waals surface area contributed by atoms with Crippen molar-refractivity contribution in [1.82, 2.24) is 15.3 Å². The number of benzene rings is 1. The van der Waals surface area contributed by atoms with Crippen LogP contribution in [0.3, 0.4) is 0 Å². The Hall–Kier alpha value is -2.47. The molecule has 25 heavy (non-hydrogen) atoms. The van der Waals surface area contributed by atoms with Crippen molar-refractivity contribution in [3.8, 4) is 0 Å². The van der Waals surface area contributed by atoms with Gasteiger partial charge in [0, 0.05) is 37.1 Å². The lowest BCUT2D eigenvalue weighted by molar-refractivity contribution is 0.0931. The third-order valence-corrected chi connectivity index (χ3v) is 5.65. The third-order valence-electron chi connectivity index (χ3n) is 4.58. The van der Waals surface area contributed by atoms with Gasteiger partial charge in [-0.1, -0.05) is 17.4 Å². The number of nitrogens with one attached hydrogen (secondary N) is 1. The second kappa shape index (κ2) is 6.80. The average molecular weight is 352 g/mol. The summed E-state index contributed by atoms with van der Waals surface area (Å²) >= 11 is 1.75. The number of thiazole rings is 1. The van der Waals surface area contributed by atoms with E-state index in [1.165, 1.54) is 10.3 Å². The molecule has 128 valence electrons. The molecule has 1 aliphatic rings. The first-order chi connectivity index (χ1) is 12.2. The number of nitrogens with zero attached hydrogens (tertiary/aromatic N) is 3. The van der Waals surface area contributed by atoms with Crippen LogP contribution in [0.2, 0.25) is 0 Å². The van der Waals surface area contributed by atoms with Gasteiger partial charge in [0.2, 0.25) is 0 Å². The van der Waals surface area contributed by atoms with Crippen LogP contribution in [0, 0.1) is 6.92 Å². The number of fused-ring (bicyclic) bond motifs is 1. The number of hydrogen-bond acceptors (Lipinski definition) is 5. The molecule has 0 atom stereocenters. The highest BCUT2D eigenvalue weighted by Gasteiger charge is 2.23. The molecule has 3 heterocycles. The molecule has 1 aromatic carbocycles. The van der Waals surface area contributed by atoms with E-state index in [0.29, 0.717) is 5.56 Å². The van der Waals surface area contributed by atoms with E-state index in [9.17, 15) is 4.79 Å². The van der Waals surface area contributed by atoms with E-state index in [4.69, 9.17) is 4.98 Å². The molecule has 0 spiro atoms. The molecule has 1 N–H and O–H groups in total. The average Bonchev–Trinajstić information content (AvgIpc) is 3.06. The maximum absolute atomic E-state index is 12.3. The van der Waals surface area contributed by atoms with Gasteiger partial charge in [-0.3, -0.25) is 9.78 Å². The largest absolute Gasteiger partial charge is 0.349 e. The first-order valence-electron chi connectivity index (χ1n) is 8.52. The molecule has 1 saturated heterocycles. The predicted molar refractivity (Wildman–Crippen MR) is 101 cm³/mol. The standard InChI is InChI=1S/C19H20N4OS/c1-13-2-3-16-17(12-13)25-19(22-16)23-10-6-15(7-11-23)21-18(24)14-4-8-20-9-5-14/h2-5,8-9,12,15H,6-7,10-11H2,1H3,(H,21,24). The Bertz CT molecular complexity index is 885. The van der Waals surface area contributed by atoms with Crippen LogP contribution in [0.15, 0.2) is 42.7 Å². The van der Waals surface area contributed by atoms with Gasteiger partial charge in [-0.15, -0.1) is 0 Å². The molecule has 0 bridgehead atoms. The summed E-state index contributed by atoms with van der Waals surface area (Å²) in [6, 6.07) is 10.1. The molecule has 2 aromatic heterocycles. The van der Waals surface area contributed by atoms with Crippen molar-refractivity contribution in [1.29, 1.82) is 0 Å². The van der Waals surface area contributed by atoms with Crippen molar-refractivity contribution in [2.75, 3.05) is 18.0 Å². The Kier molecular flexibility index (Phi) is 4.36. The molecule has 4 rings (SSSR count). The minimum Gasteiger partial charge on any atom is -0.349 e. The summed E-state index contributed by atoms with van der Waals surface area (Å²) in [6.07, 6.45) is 5.16. The number of aryl methyl sites for hydroxylation is 1. The van der Waals surface area contributed by atoms with Gasteiger partial charge in [-0.05, 0) is 49.6 Å². The van der Waals surface area contributed by atoms with Gasteiger partial charge >= 0.3 is 0 Å². The zero-order chi connectivity index (χ0) is 17.2. The van der Waals surface area contributed by atoms with E-state index in [1.54, 1.807) is 35.9 Å². The predicted octanol–water partition coefficient (Wildman–Crippen LogP) is 3.40. The molecule has 3 aromatic rings. The molecule has 1 fully saturated rings. The first-order valence-corrected chi connectivity index (χ1v) is 9.34. The van der Waals surface area contributed by atoms with Crippen LogP contribution >= 0.6 is 11.3 Å². The fraction of sp³-hybridized carbons (Fsp3) is 0.316. The summed E-state index contributed by atoms with van der Waals surface area (Å²) in [5.74, 6) is -0.0173. The van der Waals surface area contributed by atoms with Gasteiger partial charge in [0.25, 0.3) is 5.91 Å². The molecule has 0 aliphatic carbocycles. The number of hydrogen-bond donors (Lipinski definition) is 1. The van der Waals surface area contributed by atoms with Crippen LogP contribution < -0.4 is 10.2 Å². The van der Waals surface area contributed by atoms with E-state index in [2.05, 4.69) is 40.3 Å². The third kappa shape index (κ3) is 3.49. The van der Waals surface area contributed by atoms with Crippen molar-refractivity contribution in [2.45, 2.75) is 25.8 Å². The van der Waals surface area contributed by atoms with Crippen LogP contribution in [0.1, 0.15) is 28.8 Å². The summed E-state index contributed by atoms with van der Waals surface area (Å²) in [5.41, 5.74) is 3.00. The summed E-state index contributed by atoms with van der Waals surface area (Å²) in [6.45, 7) is 3.94. The normalized spacial score (nSPS) is 15.5. The highest BCUT2D eigenvalue weighted by atomic mass is 32.1. The van der Waals surface area contributed by atoms with Crippen LogP contribution in [-0.4, -0.2) is 35.0 Å².